The summed E-state index contributed by atoms with van der Waals surface area (Å²) in [4.78, 5) is 39.1. The highest BCUT2D eigenvalue weighted by Crippen LogP contribution is 2.23. The van der Waals surface area contributed by atoms with Crippen molar-refractivity contribution in [2.24, 2.45) is 0 Å². The Morgan fingerprint density at radius 1 is 0.969 bits per heavy atom. The zero-order valence-electron chi connectivity index (χ0n) is 17.9. The number of carbonyl (C=O) groups excluding carboxylic acids is 3. The summed E-state index contributed by atoms with van der Waals surface area (Å²) in [6, 6.07) is 23.7. The number of nitrogens with zero attached hydrogens (tertiary/aromatic N) is 1. The maximum Gasteiger partial charge on any atom is 0.324 e. The molecule has 1 fully saturated rings. The van der Waals surface area contributed by atoms with E-state index in [1.165, 1.54) is 4.90 Å². The molecule has 6 nitrogen and oxygen atoms in total. The summed E-state index contributed by atoms with van der Waals surface area (Å²) >= 11 is 0. The molecule has 1 saturated heterocycles. The third-order valence-electron chi connectivity index (χ3n) is 5.49. The predicted molar refractivity (Wildman–Crippen MR) is 122 cm³/mol. The zero-order chi connectivity index (χ0) is 22.5. The van der Waals surface area contributed by atoms with Gasteiger partial charge < -0.3 is 10.6 Å². The zero-order valence-corrected chi connectivity index (χ0v) is 17.9. The maximum absolute atomic E-state index is 12.7. The fourth-order valence-corrected chi connectivity index (χ4v) is 3.82. The van der Waals surface area contributed by atoms with Gasteiger partial charge in [0.1, 0.15) is 0 Å². The molecule has 0 saturated carbocycles. The van der Waals surface area contributed by atoms with Gasteiger partial charge in [0.25, 0.3) is 5.91 Å². The maximum atomic E-state index is 12.7. The van der Waals surface area contributed by atoms with Crippen LogP contribution in [0.25, 0.3) is 0 Å². The number of imide groups is 1. The van der Waals surface area contributed by atoms with Crippen LogP contribution < -0.4 is 10.6 Å². The van der Waals surface area contributed by atoms with Gasteiger partial charge in [0.15, 0.2) is 0 Å². The molecular formula is C26H25N3O3. The van der Waals surface area contributed by atoms with E-state index in [-0.39, 0.29) is 30.8 Å². The van der Waals surface area contributed by atoms with Gasteiger partial charge in [-0.05, 0) is 35.7 Å². The van der Waals surface area contributed by atoms with Gasteiger partial charge in [0, 0.05) is 12.1 Å². The molecular weight excluding hydrogens is 402 g/mol. The Bertz CT molecular complexity index is 1130. The van der Waals surface area contributed by atoms with Gasteiger partial charge in [0.05, 0.1) is 19.0 Å². The lowest BCUT2D eigenvalue weighted by molar-refractivity contribution is -0.130. The molecule has 0 radical (unpaired) electrons. The average molecular weight is 428 g/mol. The van der Waals surface area contributed by atoms with Crippen molar-refractivity contribution in [2.75, 3.05) is 0 Å². The number of benzene rings is 3. The lowest BCUT2D eigenvalue weighted by Crippen LogP contribution is -2.50. The largest absolute Gasteiger partial charge is 0.348 e. The fraction of sp³-hybridized carbons (Fsp3) is 0.192. The summed E-state index contributed by atoms with van der Waals surface area (Å²) in [5.41, 5.74) is 4.27. The number of rotatable bonds is 6. The summed E-state index contributed by atoms with van der Waals surface area (Å²) in [6.45, 7) is 2.55. The summed E-state index contributed by atoms with van der Waals surface area (Å²) in [5, 5.41) is 5.82. The number of aryl methyl sites for hydroxylation is 1. The van der Waals surface area contributed by atoms with Crippen molar-refractivity contribution in [1.29, 1.82) is 0 Å². The van der Waals surface area contributed by atoms with Gasteiger partial charge in [-0.2, -0.15) is 0 Å². The quantitative estimate of drug-likeness (QED) is 0.621. The first-order valence-corrected chi connectivity index (χ1v) is 10.6. The van der Waals surface area contributed by atoms with E-state index in [2.05, 4.69) is 10.6 Å². The minimum absolute atomic E-state index is 0.116. The molecule has 1 aliphatic rings. The summed E-state index contributed by atoms with van der Waals surface area (Å²) in [5.74, 6) is -0.441. The number of hydrogen-bond acceptors (Lipinski definition) is 3. The molecule has 0 aliphatic carbocycles. The smallest absolute Gasteiger partial charge is 0.324 e. The van der Waals surface area contributed by atoms with Crippen LogP contribution in [0.5, 0.6) is 0 Å². The van der Waals surface area contributed by atoms with Gasteiger partial charge >= 0.3 is 6.03 Å². The topological polar surface area (TPSA) is 78.5 Å². The van der Waals surface area contributed by atoms with Crippen LogP contribution in [0, 0.1) is 6.92 Å². The molecule has 6 heteroatoms. The van der Waals surface area contributed by atoms with E-state index < -0.39 is 6.03 Å². The van der Waals surface area contributed by atoms with E-state index >= 15 is 0 Å². The van der Waals surface area contributed by atoms with E-state index in [1.54, 1.807) is 24.3 Å². The molecule has 3 aromatic rings. The van der Waals surface area contributed by atoms with E-state index in [0.717, 1.165) is 22.3 Å². The normalized spacial score (nSPS) is 15.9. The Hall–Kier alpha value is -3.93. The number of carbonyl (C=O) groups is 3. The first kappa shape index (κ1) is 21.3. The summed E-state index contributed by atoms with van der Waals surface area (Å²) in [6.07, 6.45) is 0.201. The van der Waals surface area contributed by atoms with E-state index in [1.807, 2.05) is 61.5 Å². The van der Waals surface area contributed by atoms with Crippen molar-refractivity contribution < 1.29 is 14.4 Å². The van der Waals surface area contributed by atoms with Crippen molar-refractivity contribution in [1.82, 2.24) is 15.5 Å². The summed E-state index contributed by atoms with van der Waals surface area (Å²) < 4.78 is 0. The first-order valence-electron chi connectivity index (χ1n) is 10.6. The van der Waals surface area contributed by atoms with Crippen molar-refractivity contribution in [3.63, 3.8) is 0 Å². The molecule has 4 rings (SSSR count). The van der Waals surface area contributed by atoms with Crippen LogP contribution in [0.15, 0.2) is 78.9 Å². The molecule has 0 bridgehead atoms. The second-order valence-electron chi connectivity index (χ2n) is 7.97. The lowest BCUT2D eigenvalue weighted by atomic mass is 10.0. The molecule has 0 unspecified atom stereocenters. The monoisotopic (exact) mass is 427 g/mol. The van der Waals surface area contributed by atoms with Crippen LogP contribution >= 0.6 is 0 Å². The highest BCUT2D eigenvalue weighted by molar-refractivity contribution is 5.97. The fourth-order valence-electron chi connectivity index (χ4n) is 3.82. The standard InChI is InChI=1S/C26H25N3O3/c1-18-7-5-8-19(13-18)16-27-25(31)22-12-6-9-20(14-22)17-29-24(30)15-23(28-26(29)32)21-10-3-2-4-11-21/h2-14,23H,15-17H2,1H3,(H,27,31)(H,28,32)/t23-/m1/s1. The lowest BCUT2D eigenvalue weighted by Gasteiger charge is -2.31. The molecule has 0 aromatic heterocycles. The Labute approximate surface area is 187 Å². The molecule has 1 atom stereocenters. The molecule has 0 spiro atoms. The molecule has 32 heavy (non-hydrogen) atoms. The molecule has 2 N–H and O–H groups in total. The molecule has 162 valence electrons. The van der Waals surface area contributed by atoms with E-state index in [9.17, 15) is 14.4 Å². The summed E-state index contributed by atoms with van der Waals surface area (Å²) in [7, 11) is 0. The van der Waals surface area contributed by atoms with E-state index in [0.29, 0.717) is 12.1 Å². The highest BCUT2D eigenvalue weighted by Gasteiger charge is 2.32. The Balaban J connectivity index is 1.39. The van der Waals surface area contributed by atoms with Gasteiger partial charge in [-0.15, -0.1) is 0 Å². The molecule has 3 aromatic carbocycles. The van der Waals surface area contributed by atoms with Crippen molar-refractivity contribution in [3.05, 3.63) is 107 Å². The molecule has 1 aliphatic heterocycles. The highest BCUT2D eigenvalue weighted by atomic mass is 16.2. The van der Waals surface area contributed by atoms with Crippen LogP contribution in [0.2, 0.25) is 0 Å². The van der Waals surface area contributed by atoms with Gasteiger partial charge in [-0.3, -0.25) is 14.5 Å². The molecule has 4 amide bonds. The second kappa shape index (κ2) is 9.47. The van der Waals surface area contributed by atoms with Crippen LogP contribution in [-0.2, 0) is 17.9 Å². The van der Waals surface area contributed by atoms with Gasteiger partial charge in [0.2, 0.25) is 5.91 Å². The number of urea groups is 1. The van der Waals surface area contributed by atoms with Crippen molar-refractivity contribution in [3.8, 4) is 0 Å². The second-order valence-corrected chi connectivity index (χ2v) is 7.97. The number of amides is 4. The van der Waals surface area contributed by atoms with Gasteiger partial charge in [-0.25, -0.2) is 4.79 Å². The van der Waals surface area contributed by atoms with Crippen LogP contribution in [0.4, 0.5) is 4.79 Å². The molecule has 1 heterocycles. The Morgan fingerprint density at radius 2 is 1.72 bits per heavy atom. The first-order chi connectivity index (χ1) is 15.5. The minimum atomic E-state index is -0.426. The number of nitrogens with one attached hydrogen (secondary N) is 2. The van der Waals surface area contributed by atoms with Crippen LogP contribution in [-0.4, -0.2) is 22.7 Å². The van der Waals surface area contributed by atoms with Crippen LogP contribution in [0.3, 0.4) is 0 Å². The van der Waals surface area contributed by atoms with E-state index in [4.69, 9.17) is 0 Å². The Kier molecular flexibility index (Phi) is 6.31. The third-order valence-corrected chi connectivity index (χ3v) is 5.49. The predicted octanol–water partition coefficient (Wildman–Crippen LogP) is 4.11. The van der Waals surface area contributed by atoms with Crippen molar-refractivity contribution >= 4 is 17.8 Å². The van der Waals surface area contributed by atoms with Crippen LogP contribution in [0.1, 0.15) is 45.1 Å². The average Bonchev–Trinajstić information content (AvgIpc) is 2.80. The van der Waals surface area contributed by atoms with Crippen molar-refractivity contribution in [2.45, 2.75) is 32.5 Å². The third kappa shape index (κ3) is 5.03. The Morgan fingerprint density at radius 3 is 2.47 bits per heavy atom. The minimum Gasteiger partial charge on any atom is -0.348 e. The van der Waals surface area contributed by atoms with Gasteiger partial charge in [-0.1, -0.05) is 72.3 Å². The number of hydrogen-bond donors (Lipinski definition) is 2. The SMILES string of the molecule is Cc1cccc(CNC(=O)c2cccc(CN3C(=O)C[C@H](c4ccccc4)NC3=O)c2)c1.